The number of nitrogens with zero attached hydrogens (tertiary/aromatic N) is 1. The first-order valence-electron chi connectivity index (χ1n) is 7.17. The van der Waals surface area contributed by atoms with Crippen molar-refractivity contribution in [1.29, 1.82) is 0 Å². The van der Waals surface area contributed by atoms with Crippen molar-refractivity contribution in [3.8, 4) is 0 Å². The lowest BCUT2D eigenvalue weighted by molar-refractivity contribution is 0.0640. The van der Waals surface area contributed by atoms with Crippen molar-refractivity contribution >= 4 is 0 Å². The fourth-order valence-electron chi connectivity index (χ4n) is 3.10. The van der Waals surface area contributed by atoms with E-state index in [1.165, 1.54) is 24.9 Å². The maximum atomic E-state index is 6.44. The SMILES string of the molecule is CC1CCCN(C(C)C(N)c2ccccc2)C1C. The minimum absolute atomic E-state index is 0.110. The number of rotatable bonds is 3. The molecule has 0 saturated carbocycles. The number of piperidine rings is 1. The predicted molar refractivity (Wildman–Crippen MR) is 77.4 cm³/mol. The Labute approximate surface area is 111 Å². The second-order valence-corrected chi connectivity index (χ2v) is 5.78. The van der Waals surface area contributed by atoms with E-state index in [-0.39, 0.29) is 6.04 Å². The van der Waals surface area contributed by atoms with Crippen LogP contribution < -0.4 is 5.73 Å². The molecule has 2 N–H and O–H groups in total. The van der Waals surface area contributed by atoms with E-state index in [0.29, 0.717) is 12.1 Å². The molecule has 18 heavy (non-hydrogen) atoms. The molecule has 1 heterocycles. The van der Waals surface area contributed by atoms with Crippen LogP contribution in [0.1, 0.15) is 45.2 Å². The number of hydrogen-bond acceptors (Lipinski definition) is 2. The van der Waals surface area contributed by atoms with Crippen LogP contribution in [-0.4, -0.2) is 23.5 Å². The highest BCUT2D eigenvalue weighted by Gasteiger charge is 2.31. The van der Waals surface area contributed by atoms with E-state index in [1.807, 2.05) is 6.07 Å². The van der Waals surface area contributed by atoms with E-state index < -0.39 is 0 Å². The Morgan fingerprint density at radius 3 is 2.56 bits per heavy atom. The van der Waals surface area contributed by atoms with Crippen LogP contribution in [0.2, 0.25) is 0 Å². The fraction of sp³-hybridized carbons (Fsp3) is 0.625. The zero-order valence-corrected chi connectivity index (χ0v) is 11.8. The Morgan fingerprint density at radius 2 is 1.89 bits per heavy atom. The summed E-state index contributed by atoms with van der Waals surface area (Å²) in [4.78, 5) is 2.59. The summed E-state index contributed by atoms with van der Waals surface area (Å²) in [6.45, 7) is 8.16. The van der Waals surface area contributed by atoms with Crippen LogP contribution in [0.5, 0.6) is 0 Å². The van der Waals surface area contributed by atoms with Gasteiger partial charge in [-0.25, -0.2) is 0 Å². The Kier molecular flexibility index (Phi) is 4.41. The zero-order chi connectivity index (χ0) is 13.1. The molecule has 2 nitrogen and oxygen atoms in total. The molecule has 0 radical (unpaired) electrons. The van der Waals surface area contributed by atoms with Gasteiger partial charge in [-0.2, -0.15) is 0 Å². The van der Waals surface area contributed by atoms with E-state index in [4.69, 9.17) is 5.73 Å². The summed E-state index contributed by atoms with van der Waals surface area (Å²) >= 11 is 0. The summed E-state index contributed by atoms with van der Waals surface area (Å²) in [5.74, 6) is 0.782. The van der Waals surface area contributed by atoms with Gasteiger partial charge in [-0.3, -0.25) is 4.90 Å². The van der Waals surface area contributed by atoms with Gasteiger partial charge in [-0.05, 0) is 44.7 Å². The fourth-order valence-corrected chi connectivity index (χ4v) is 3.10. The highest BCUT2D eigenvalue weighted by molar-refractivity contribution is 5.20. The van der Waals surface area contributed by atoms with Crippen LogP contribution in [0.25, 0.3) is 0 Å². The minimum atomic E-state index is 0.110. The molecule has 0 aromatic heterocycles. The lowest BCUT2D eigenvalue weighted by atomic mass is 9.89. The van der Waals surface area contributed by atoms with E-state index in [1.54, 1.807) is 0 Å². The van der Waals surface area contributed by atoms with E-state index >= 15 is 0 Å². The molecule has 1 saturated heterocycles. The quantitative estimate of drug-likeness (QED) is 0.887. The van der Waals surface area contributed by atoms with Gasteiger partial charge in [0.2, 0.25) is 0 Å². The average molecular weight is 246 g/mol. The maximum Gasteiger partial charge on any atom is 0.0450 e. The van der Waals surface area contributed by atoms with Gasteiger partial charge in [0.05, 0.1) is 0 Å². The number of benzene rings is 1. The number of nitrogens with two attached hydrogens (primary N) is 1. The Hall–Kier alpha value is -0.860. The minimum Gasteiger partial charge on any atom is -0.323 e. The lowest BCUT2D eigenvalue weighted by Crippen LogP contribution is -2.50. The van der Waals surface area contributed by atoms with Crippen LogP contribution in [0.4, 0.5) is 0 Å². The lowest BCUT2D eigenvalue weighted by Gasteiger charge is -2.43. The second-order valence-electron chi connectivity index (χ2n) is 5.78. The average Bonchev–Trinajstić information content (AvgIpc) is 2.41. The molecule has 1 fully saturated rings. The van der Waals surface area contributed by atoms with Crippen molar-refractivity contribution in [3.05, 3.63) is 35.9 Å². The molecule has 2 heteroatoms. The van der Waals surface area contributed by atoms with E-state index in [9.17, 15) is 0 Å². The molecule has 1 aromatic carbocycles. The highest BCUT2D eigenvalue weighted by Crippen LogP contribution is 2.28. The maximum absolute atomic E-state index is 6.44. The third-order valence-corrected chi connectivity index (χ3v) is 4.65. The smallest absolute Gasteiger partial charge is 0.0450 e. The van der Waals surface area contributed by atoms with E-state index in [2.05, 4.69) is 49.9 Å². The van der Waals surface area contributed by atoms with Crippen LogP contribution in [0.3, 0.4) is 0 Å². The molecule has 0 amide bonds. The van der Waals surface area contributed by atoms with Gasteiger partial charge in [-0.1, -0.05) is 37.3 Å². The summed E-state index contributed by atoms with van der Waals surface area (Å²) in [6.07, 6.45) is 2.66. The van der Waals surface area contributed by atoms with Gasteiger partial charge in [-0.15, -0.1) is 0 Å². The normalized spacial score (nSPS) is 28.9. The molecule has 0 bridgehead atoms. The Bertz CT molecular complexity index is 363. The third-order valence-electron chi connectivity index (χ3n) is 4.65. The summed E-state index contributed by atoms with van der Waals surface area (Å²) in [5, 5.41) is 0. The first-order valence-corrected chi connectivity index (χ1v) is 7.17. The Morgan fingerprint density at radius 1 is 1.22 bits per heavy atom. The van der Waals surface area contributed by atoms with Gasteiger partial charge < -0.3 is 5.73 Å². The van der Waals surface area contributed by atoms with Gasteiger partial charge >= 0.3 is 0 Å². The van der Waals surface area contributed by atoms with Gasteiger partial charge in [0, 0.05) is 18.1 Å². The largest absolute Gasteiger partial charge is 0.323 e. The molecule has 2 rings (SSSR count). The number of hydrogen-bond donors (Lipinski definition) is 1. The molecule has 4 unspecified atom stereocenters. The van der Waals surface area contributed by atoms with Gasteiger partial charge in [0.1, 0.15) is 0 Å². The summed E-state index contributed by atoms with van der Waals surface area (Å²) < 4.78 is 0. The first-order chi connectivity index (χ1) is 8.61. The topological polar surface area (TPSA) is 29.3 Å². The first kappa shape index (κ1) is 13.6. The molecular formula is C16H26N2. The van der Waals surface area contributed by atoms with Crippen molar-refractivity contribution in [2.45, 2.75) is 51.7 Å². The second kappa shape index (κ2) is 5.85. The Balaban J connectivity index is 2.08. The van der Waals surface area contributed by atoms with Crippen molar-refractivity contribution < 1.29 is 0 Å². The molecule has 1 aromatic rings. The highest BCUT2D eigenvalue weighted by atomic mass is 15.2. The van der Waals surface area contributed by atoms with Gasteiger partial charge in [0.15, 0.2) is 0 Å². The van der Waals surface area contributed by atoms with E-state index in [0.717, 1.165) is 5.92 Å². The van der Waals surface area contributed by atoms with Gasteiger partial charge in [0.25, 0.3) is 0 Å². The molecule has 1 aliphatic rings. The van der Waals surface area contributed by atoms with Crippen LogP contribution in [0.15, 0.2) is 30.3 Å². The summed E-state index contributed by atoms with van der Waals surface area (Å²) in [7, 11) is 0. The molecule has 100 valence electrons. The molecule has 4 atom stereocenters. The van der Waals surface area contributed by atoms with Crippen LogP contribution in [-0.2, 0) is 0 Å². The number of likely N-dealkylation sites (tertiary alicyclic amines) is 1. The van der Waals surface area contributed by atoms with Crippen LogP contribution in [0, 0.1) is 5.92 Å². The monoisotopic (exact) mass is 246 g/mol. The summed E-state index contributed by atoms with van der Waals surface area (Å²) in [6, 6.07) is 11.6. The van der Waals surface area contributed by atoms with Crippen molar-refractivity contribution in [1.82, 2.24) is 4.90 Å². The molecular weight excluding hydrogens is 220 g/mol. The third kappa shape index (κ3) is 2.76. The van der Waals surface area contributed by atoms with Crippen molar-refractivity contribution in [2.75, 3.05) is 6.54 Å². The standard InChI is InChI=1S/C16H26N2/c1-12-8-7-11-18(13(12)2)14(3)16(17)15-9-5-4-6-10-15/h4-6,9-10,12-14,16H,7-8,11,17H2,1-3H3. The zero-order valence-electron chi connectivity index (χ0n) is 11.8. The van der Waals surface area contributed by atoms with Crippen LogP contribution >= 0.6 is 0 Å². The summed E-state index contributed by atoms with van der Waals surface area (Å²) in [5.41, 5.74) is 7.68. The predicted octanol–water partition coefficient (Wildman–Crippen LogP) is 3.20. The molecule has 0 spiro atoms. The molecule has 0 aliphatic carbocycles. The van der Waals surface area contributed by atoms with Crippen molar-refractivity contribution in [3.63, 3.8) is 0 Å². The molecule has 1 aliphatic heterocycles. The van der Waals surface area contributed by atoms with Crippen molar-refractivity contribution in [2.24, 2.45) is 11.7 Å².